The van der Waals surface area contributed by atoms with Gasteiger partial charge >= 0.3 is 18.1 Å². The zero-order valence-electron chi connectivity index (χ0n) is 9.28. The smallest absolute Gasteiger partial charge is 0.475 e. The van der Waals surface area contributed by atoms with Crippen molar-refractivity contribution in [1.29, 1.82) is 0 Å². The van der Waals surface area contributed by atoms with Crippen LogP contribution in [0.4, 0.5) is 13.2 Å². The molecule has 0 heterocycles. The van der Waals surface area contributed by atoms with E-state index < -0.39 is 24.2 Å². The Labute approximate surface area is 95.5 Å². The monoisotopic (exact) mass is 261 g/mol. The van der Waals surface area contributed by atoms with E-state index in [0.29, 0.717) is 6.61 Å². The van der Waals surface area contributed by atoms with E-state index >= 15 is 0 Å². The van der Waals surface area contributed by atoms with Crippen molar-refractivity contribution >= 4 is 11.9 Å². The topological polar surface area (TPSA) is 98.9 Å². The van der Waals surface area contributed by atoms with Gasteiger partial charge in [0.15, 0.2) is 0 Å². The molecular weight excluding hydrogens is 247 g/mol. The Balaban J connectivity index is 0. The second kappa shape index (κ2) is 8.76. The summed E-state index contributed by atoms with van der Waals surface area (Å²) in [5.74, 6) is -3.17. The average Bonchev–Trinajstić information content (AvgIpc) is 2.18. The van der Waals surface area contributed by atoms with E-state index in [4.69, 9.17) is 15.6 Å². The van der Waals surface area contributed by atoms with E-state index in [0.717, 1.165) is 0 Å². The highest BCUT2D eigenvalue weighted by Gasteiger charge is 2.38. The lowest BCUT2D eigenvalue weighted by atomic mass is 10.3. The summed E-state index contributed by atoms with van der Waals surface area (Å²) in [6, 6.07) is -0.648. The van der Waals surface area contributed by atoms with Crippen LogP contribution >= 0.6 is 0 Å². The first-order valence-corrected chi connectivity index (χ1v) is 4.38. The minimum atomic E-state index is -5.08. The van der Waals surface area contributed by atoms with Crippen LogP contribution in [0.1, 0.15) is 6.92 Å². The zero-order valence-corrected chi connectivity index (χ0v) is 9.28. The number of rotatable bonds is 4. The third-order valence-electron chi connectivity index (χ3n) is 1.18. The van der Waals surface area contributed by atoms with Gasteiger partial charge in [0.2, 0.25) is 0 Å². The Morgan fingerprint density at radius 3 is 2.06 bits per heavy atom. The molecule has 0 aliphatic rings. The molecule has 3 N–H and O–H groups in total. The van der Waals surface area contributed by atoms with Gasteiger partial charge < -0.3 is 20.3 Å². The molecule has 0 fully saturated rings. The average molecular weight is 261 g/mol. The van der Waals surface area contributed by atoms with Gasteiger partial charge in [0.1, 0.15) is 6.04 Å². The van der Waals surface area contributed by atoms with Gasteiger partial charge in [-0.05, 0) is 6.92 Å². The molecule has 0 rings (SSSR count). The van der Waals surface area contributed by atoms with Gasteiger partial charge in [-0.3, -0.25) is 4.79 Å². The lowest BCUT2D eigenvalue weighted by Crippen LogP contribution is -2.36. The fraction of sp³-hybridized carbons (Fsp3) is 0.750. The number of alkyl halides is 3. The number of halogens is 3. The zero-order chi connectivity index (χ0) is 14.1. The van der Waals surface area contributed by atoms with Gasteiger partial charge in [0.05, 0.1) is 13.2 Å². The predicted molar refractivity (Wildman–Crippen MR) is 50.2 cm³/mol. The molecule has 0 spiro atoms. The summed E-state index contributed by atoms with van der Waals surface area (Å²) in [7, 11) is 1.49. The van der Waals surface area contributed by atoms with Gasteiger partial charge in [0, 0.05) is 7.11 Å². The fourth-order valence-electron chi connectivity index (χ4n) is 0.497. The van der Waals surface area contributed by atoms with Crippen LogP contribution in [-0.2, 0) is 19.1 Å². The highest BCUT2D eigenvalue weighted by atomic mass is 19.4. The normalized spacial score (nSPS) is 12.1. The molecule has 0 aromatic carbocycles. The van der Waals surface area contributed by atoms with Crippen molar-refractivity contribution in [3.63, 3.8) is 0 Å². The van der Waals surface area contributed by atoms with Crippen LogP contribution in [0, 0.1) is 0 Å². The first-order chi connectivity index (χ1) is 7.66. The van der Waals surface area contributed by atoms with Crippen molar-refractivity contribution in [3.05, 3.63) is 0 Å². The maximum Gasteiger partial charge on any atom is 0.490 e. The maximum atomic E-state index is 10.7. The number of carbonyl (C=O) groups excluding carboxylic acids is 1. The molecule has 0 saturated heterocycles. The van der Waals surface area contributed by atoms with Gasteiger partial charge in [-0.2, -0.15) is 13.2 Å². The highest BCUT2D eigenvalue weighted by Crippen LogP contribution is 2.13. The van der Waals surface area contributed by atoms with Crippen LogP contribution in [0.25, 0.3) is 0 Å². The predicted octanol–water partition coefficient (Wildman–Crippen LogP) is 0.157. The van der Waals surface area contributed by atoms with Crippen molar-refractivity contribution in [2.75, 3.05) is 20.3 Å². The molecule has 6 nitrogen and oxygen atoms in total. The molecule has 0 bridgehead atoms. The molecule has 0 radical (unpaired) electrons. The molecule has 0 amide bonds. The summed E-state index contributed by atoms with van der Waals surface area (Å²) >= 11 is 0. The van der Waals surface area contributed by atoms with E-state index in [-0.39, 0.29) is 6.61 Å². The highest BCUT2D eigenvalue weighted by molar-refractivity contribution is 5.75. The van der Waals surface area contributed by atoms with Crippen molar-refractivity contribution in [1.82, 2.24) is 0 Å². The number of methoxy groups -OCH3 is 1. The summed E-state index contributed by atoms with van der Waals surface area (Å²) in [6.45, 7) is 2.30. The molecule has 0 aromatic rings. The van der Waals surface area contributed by atoms with Crippen LogP contribution in [0.5, 0.6) is 0 Å². The summed E-state index contributed by atoms with van der Waals surface area (Å²) in [5, 5.41) is 7.12. The molecule has 102 valence electrons. The number of hydrogen-bond acceptors (Lipinski definition) is 5. The molecule has 0 aliphatic carbocycles. The quantitative estimate of drug-likeness (QED) is 0.699. The Bertz CT molecular complexity index is 244. The Hall–Kier alpha value is -1.35. The maximum absolute atomic E-state index is 10.7. The van der Waals surface area contributed by atoms with Crippen LogP contribution in [0.15, 0.2) is 0 Å². The number of esters is 1. The number of carboxylic acid groups (broad SMARTS) is 1. The molecular formula is C8H14F3NO5. The molecule has 0 aliphatic heterocycles. The summed E-state index contributed by atoms with van der Waals surface area (Å²) in [6.07, 6.45) is -5.08. The van der Waals surface area contributed by atoms with Crippen molar-refractivity contribution in [2.45, 2.75) is 19.1 Å². The lowest BCUT2D eigenvalue weighted by molar-refractivity contribution is -0.192. The number of aliphatic carboxylic acids is 1. The molecule has 1 unspecified atom stereocenters. The Kier molecular flexibility index (Phi) is 9.29. The standard InChI is InChI=1S/C6H13NO3.C2HF3O2/c1-3-10-6(8)5(7)4-9-2;3-2(4,5)1(6)7/h5H,3-4,7H2,1-2H3;(H,6,7). The minimum Gasteiger partial charge on any atom is -0.475 e. The number of carboxylic acids is 1. The summed E-state index contributed by atoms with van der Waals surface area (Å²) < 4.78 is 41.0. The molecule has 0 aromatic heterocycles. The van der Waals surface area contributed by atoms with E-state index in [1.165, 1.54) is 7.11 Å². The van der Waals surface area contributed by atoms with E-state index in [2.05, 4.69) is 9.47 Å². The first kappa shape index (κ1) is 18.0. The van der Waals surface area contributed by atoms with Crippen LogP contribution in [-0.4, -0.2) is 49.6 Å². The van der Waals surface area contributed by atoms with Crippen molar-refractivity contribution < 1.29 is 37.3 Å². The van der Waals surface area contributed by atoms with Gasteiger partial charge in [-0.15, -0.1) is 0 Å². The largest absolute Gasteiger partial charge is 0.490 e. The Morgan fingerprint density at radius 1 is 1.41 bits per heavy atom. The van der Waals surface area contributed by atoms with Crippen LogP contribution < -0.4 is 5.73 Å². The molecule has 1 atom stereocenters. The van der Waals surface area contributed by atoms with E-state index in [1.807, 2.05) is 0 Å². The second-order valence-corrected chi connectivity index (χ2v) is 2.62. The van der Waals surface area contributed by atoms with E-state index in [9.17, 15) is 18.0 Å². The number of hydrogen-bond donors (Lipinski definition) is 2. The lowest BCUT2D eigenvalue weighted by Gasteiger charge is -2.07. The number of ether oxygens (including phenoxy) is 2. The number of carbonyl (C=O) groups is 2. The van der Waals surface area contributed by atoms with E-state index in [1.54, 1.807) is 6.92 Å². The Morgan fingerprint density at radius 2 is 1.82 bits per heavy atom. The third kappa shape index (κ3) is 10.9. The number of nitrogens with two attached hydrogens (primary N) is 1. The second-order valence-electron chi connectivity index (χ2n) is 2.62. The molecule has 9 heteroatoms. The van der Waals surface area contributed by atoms with Crippen LogP contribution in [0.2, 0.25) is 0 Å². The third-order valence-corrected chi connectivity index (χ3v) is 1.18. The molecule has 17 heavy (non-hydrogen) atoms. The van der Waals surface area contributed by atoms with Crippen LogP contribution in [0.3, 0.4) is 0 Å². The van der Waals surface area contributed by atoms with Crippen molar-refractivity contribution in [3.8, 4) is 0 Å². The van der Waals surface area contributed by atoms with Crippen molar-refractivity contribution in [2.24, 2.45) is 5.73 Å². The minimum absolute atomic E-state index is 0.207. The SMILES string of the molecule is CCOC(=O)C(N)COC.O=C(O)C(F)(F)F. The first-order valence-electron chi connectivity index (χ1n) is 4.38. The van der Waals surface area contributed by atoms with Gasteiger partial charge in [-0.1, -0.05) is 0 Å². The van der Waals surface area contributed by atoms with Gasteiger partial charge in [-0.25, -0.2) is 4.79 Å². The molecule has 0 saturated carbocycles. The summed E-state index contributed by atoms with van der Waals surface area (Å²) in [4.78, 5) is 19.6. The van der Waals surface area contributed by atoms with Gasteiger partial charge in [0.25, 0.3) is 0 Å². The summed E-state index contributed by atoms with van der Waals surface area (Å²) in [5.41, 5.74) is 5.31. The fourth-order valence-corrected chi connectivity index (χ4v) is 0.497.